The second kappa shape index (κ2) is 14.6. The Kier molecular flexibility index (Phi) is 10.2. The highest BCUT2D eigenvalue weighted by atomic mass is 16.2. The Labute approximate surface area is 270 Å². The lowest BCUT2D eigenvalue weighted by Crippen LogP contribution is -2.66. The number of anilines is 1. The number of terminal acetylenes is 1. The third-order valence-corrected chi connectivity index (χ3v) is 8.25. The topological polar surface area (TPSA) is 105 Å². The van der Waals surface area contributed by atoms with Gasteiger partial charge in [-0.05, 0) is 22.3 Å². The number of benzene rings is 3. The molecule has 236 valence electrons. The number of para-hydroxylation sites is 1. The van der Waals surface area contributed by atoms with Crippen LogP contribution in [0.25, 0.3) is 6.08 Å². The number of carbonyl (C=O) groups is 3. The molecule has 2 aliphatic heterocycles. The van der Waals surface area contributed by atoms with Crippen LogP contribution in [-0.2, 0) is 29.1 Å². The molecule has 0 radical (unpaired) electrons. The van der Waals surface area contributed by atoms with Gasteiger partial charge in [-0.3, -0.25) is 19.6 Å². The predicted octanol–water partition coefficient (Wildman–Crippen LogP) is 3.38. The molecule has 3 N–H and O–H groups in total. The number of piperazine rings is 1. The Morgan fingerprint density at radius 2 is 1.72 bits per heavy atom. The SMILES string of the molecule is C#CCN(N)c1c(C=C)cccc1CN1C[C@H]2N(C(=O)CN2N(CC=C)C(=O)NCc2ccccc2)[C@@H](Cc2ccccc2)C1=O. The van der Waals surface area contributed by atoms with E-state index in [0.29, 0.717) is 18.7 Å². The van der Waals surface area contributed by atoms with Crippen molar-refractivity contribution in [1.29, 1.82) is 0 Å². The third-order valence-electron chi connectivity index (χ3n) is 8.25. The number of urea groups is 1. The van der Waals surface area contributed by atoms with Crippen LogP contribution in [0.5, 0.6) is 0 Å². The molecule has 0 aromatic heterocycles. The lowest BCUT2D eigenvalue weighted by atomic mass is 9.99. The van der Waals surface area contributed by atoms with Crippen molar-refractivity contribution in [1.82, 2.24) is 25.1 Å². The van der Waals surface area contributed by atoms with Crippen LogP contribution in [0.1, 0.15) is 22.3 Å². The zero-order valence-corrected chi connectivity index (χ0v) is 25.8. The minimum absolute atomic E-state index is 0.0559. The van der Waals surface area contributed by atoms with E-state index in [-0.39, 0.29) is 50.6 Å². The first-order valence-electron chi connectivity index (χ1n) is 15.2. The van der Waals surface area contributed by atoms with Crippen molar-refractivity contribution in [3.05, 3.63) is 120 Å². The van der Waals surface area contributed by atoms with Crippen molar-refractivity contribution in [2.24, 2.45) is 5.84 Å². The second-order valence-electron chi connectivity index (χ2n) is 11.2. The first-order chi connectivity index (χ1) is 22.4. The van der Waals surface area contributed by atoms with Gasteiger partial charge in [0.1, 0.15) is 12.2 Å². The Bertz CT molecular complexity index is 1620. The predicted molar refractivity (Wildman–Crippen MR) is 179 cm³/mol. The Morgan fingerprint density at radius 1 is 1.02 bits per heavy atom. The van der Waals surface area contributed by atoms with Crippen molar-refractivity contribution >= 4 is 29.6 Å². The molecule has 10 heteroatoms. The summed E-state index contributed by atoms with van der Waals surface area (Å²) in [6, 6.07) is 23.7. The second-order valence-corrected chi connectivity index (χ2v) is 11.2. The van der Waals surface area contributed by atoms with Crippen molar-refractivity contribution in [2.45, 2.75) is 31.7 Å². The summed E-state index contributed by atoms with van der Waals surface area (Å²) >= 11 is 0. The number of carbonyl (C=O) groups excluding carboxylic acids is 3. The molecule has 0 aliphatic carbocycles. The Balaban J connectivity index is 1.49. The molecular weight excluding hydrogens is 578 g/mol. The van der Waals surface area contributed by atoms with Gasteiger partial charge in [-0.25, -0.2) is 10.6 Å². The van der Waals surface area contributed by atoms with Gasteiger partial charge in [0.2, 0.25) is 11.8 Å². The number of hydrogen-bond acceptors (Lipinski definition) is 6. The molecule has 3 aromatic rings. The maximum absolute atomic E-state index is 14.3. The fourth-order valence-electron chi connectivity index (χ4n) is 6.16. The molecule has 2 fully saturated rings. The number of rotatable bonds is 12. The summed E-state index contributed by atoms with van der Waals surface area (Å²) in [4.78, 5) is 45.0. The minimum Gasteiger partial charge on any atom is -0.333 e. The van der Waals surface area contributed by atoms with Gasteiger partial charge in [0.25, 0.3) is 0 Å². The molecule has 0 bridgehead atoms. The first-order valence-corrected chi connectivity index (χ1v) is 15.2. The highest BCUT2D eigenvalue weighted by Gasteiger charge is 2.52. The van der Waals surface area contributed by atoms with Gasteiger partial charge in [0.05, 0.1) is 31.9 Å². The molecule has 0 spiro atoms. The molecule has 2 aliphatic rings. The van der Waals surface area contributed by atoms with Crippen molar-refractivity contribution < 1.29 is 14.4 Å². The molecule has 3 aromatic carbocycles. The quantitative estimate of drug-likeness (QED) is 0.140. The summed E-state index contributed by atoms with van der Waals surface area (Å²) in [5.41, 5.74) is 4.12. The average Bonchev–Trinajstić information content (AvgIpc) is 3.40. The van der Waals surface area contributed by atoms with E-state index in [1.807, 2.05) is 78.9 Å². The number of amides is 4. The minimum atomic E-state index is -0.776. The molecular formula is C36H39N7O3. The number of nitrogens with two attached hydrogens (primary N) is 1. The molecule has 5 rings (SSSR count). The van der Waals surface area contributed by atoms with Gasteiger partial charge in [0.15, 0.2) is 0 Å². The lowest BCUT2D eigenvalue weighted by Gasteiger charge is -2.46. The highest BCUT2D eigenvalue weighted by Crippen LogP contribution is 2.32. The lowest BCUT2D eigenvalue weighted by molar-refractivity contribution is -0.157. The van der Waals surface area contributed by atoms with Crippen LogP contribution >= 0.6 is 0 Å². The maximum Gasteiger partial charge on any atom is 0.332 e. The van der Waals surface area contributed by atoms with Crippen molar-refractivity contribution in [3.8, 4) is 12.3 Å². The van der Waals surface area contributed by atoms with Gasteiger partial charge in [-0.2, -0.15) is 5.01 Å². The van der Waals surface area contributed by atoms with E-state index in [9.17, 15) is 14.4 Å². The number of hydrogen-bond donors (Lipinski definition) is 2. The Morgan fingerprint density at radius 3 is 2.37 bits per heavy atom. The van der Waals surface area contributed by atoms with Crippen LogP contribution < -0.4 is 16.2 Å². The van der Waals surface area contributed by atoms with E-state index in [4.69, 9.17) is 12.3 Å². The first kappa shape index (κ1) is 32.0. The van der Waals surface area contributed by atoms with E-state index in [1.54, 1.807) is 27.0 Å². The van der Waals surface area contributed by atoms with Crippen molar-refractivity contribution in [3.63, 3.8) is 0 Å². The van der Waals surface area contributed by atoms with Gasteiger partial charge in [0, 0.05) is 19.5 Å². The maximum atomic E-state index is 14.3. The van der Waals surface area contributed by atoms with Crippen LogP contribution in [0.15, 0.2) is 98.1 Å². The van der Waals surface area contributed by atoms with Gasteiger partial charge in [-0.15, -0.1) is 13.0 Å². The zero-order valence-electron chi connectivity index (χ0n) is 25.8. The molecule has 0 saturated carbocycles. The van der Waals surface area contributed by atoms with Gasteiger partial charge in [-0.1, -0.05) is 104 Å². The summed E-state index contributed by atoms with van der Waals surface area (Å²) in [5, 5.41) is 7.69. The molecule has 10 nitrogen and oxygen atoms in total. The number of nitrogens with one attached hydrogen (secondary N) is 1. The normalized spacial score (nSPS) is 17.7. The van der Waals surface area contributed by atoms with E-state index >= 15 is 0 Å². The Hall–Kier alpha value is -5.37. The smallest absolute Gasteiger partial charge is 0.332 e. The molecule has 0 unspecified atom stereocenters. The van der Waals surface area contributed by atoms with Crippen molar-refractivity contribution in [2.75, 3.05) is 31.2 Å². The third kappa shape index (κ3) is 6.81. The molecule has 46 heavy (non-hydrogen) atoms. The summed E-state index contributed by atoms with van der Waals surface area (Å²) < 4.78 is 0. The zero-order chi connectivity index (χ0) is 32.6. The summed E-state index contributed by atoms with van der Waals surface area (Å²) in [6.45, 7) is 8.78. The summed E-state index contributed by atoms with van der Waals surface area (Å²) in [6.07, 6.45) is 8.63. The number of fused-ring (bicyclic) bond motifs is 1. The molecule has 2 atom stereocenters. The number of nitrogens with zero attached hydrogens (tertiary/aromatic N) is 5. The standard InChI is InChI=1S/C36H39N7O3/c1-4-20-40(37)34-29(6-3)18-13-19-30(34)24-39-25-32-42(41(21-5-2)36(46)38-23-28-16-11-8-12-17-28)26-33(44)43(32)31(35(39)45)22-27-14-9-7-10-15-27/h1,5-19,31-32H,2-3,20-26,37H2,(H,38,46)/t31-,32+/m0/s1. The van der Waals surface area contributed by atoms with Crippen LogP contribution in [0.2, 0.25) is 0 Å². The number of hydrazine groups is 2. The molecule has 4 amide bonds. The van der Waals surface area contributed by atoms with E-state index in [2.05, 4.69) is 24.4 Å². The van der Waals surface area contributed by atoms with E-state index in [1.165, 1.54) is 10.0 Å². The molecule has 2 saturated heterocycles. The largest absolute Gasteiger partial charge is 0.333 e. The van der Waals surface area contributed by atoms with Gasteiger partial charge >= 0.3 is 6.03 Å². The summed E-state index contributed by atoms with van der Waals surface area (Å²) in [5.74, 6) is 8.54. The fourth-order valence-corrected chi connectivity index (χ4v) is 6.16. The van der Waals surface area contributed by atoms with E-state index in [0.717, 1.165) is 22.3 Å². The van der Waals surface area contributed by atoms with E-state index < -0.39 is 12.2 Å². The fraction of sp³-hybridized carbons (Fsp3) is 0.250. The average molecular weight is 618 g/mol. The van der Waals surface area contributed by atoms with Gasteiger partial charge < -0.3 is 15.1 Å². The molecule has 2 heterocycles. The monoisotopic (exact) mass is 617 g/mol. The van der Waals surface area contributed by atoms with Crippen LogP contribution in [0, 0.1) is 12.3 Å². The highest BCUT2D eigenvalue weighted by molar-refractivity contribution is 5.92. The van der Waals surface area contributed by atoms with Crippen LogP contribution in [0.4, 0.5) is 10.5 Å². The van der Waals surface area contributed by atoms with Crippen LogP contribution in [0.3, 0.4) is 0 Å². The van der Waals surface area contributed by atoms with Crippen LogP contribution in [-0.4, -0.2) is 76.0 Å². The summed E-state index contributed by atoms with van der Waals surface area (Å²) in [7, 11) is 0.